The average Bonchev–Trinajstić information content (AvgIpc) is 2.39. The Labute approximate surface area is 102 Å². The van der Waals surface area contributed by atoms with Gasteiger partial charge in [0.25, 0.3) is 0 Å². The molecule has 18 heavy (non-hydrogen) atoms. The Morgan fingerprint density at radius 2 is 2.33 bits per heavy atom. The van der Waals surface area contributed by atoms with Crippen LogP contribution in [-0.4, -0.2) is 23.8 Å². The van der Waals surface area contributed by atoms with Crippen LogP contribution in [0.15, 0.2) is 23.3 Å². The molecule has 0 atom stereocenters. The SMILES string of the molecule is N=C(C=O)/C(=N\N)c1ccc2c(c1)CNC(=O)O2. The Morgan fingerprint density at radius 1 is 1.56 bits per heavy atom. The molecule has 7 nitrogen and oxygen atoms in total. The molecule has 1 aromatic carbocycles. The monoisotopic (exact) mass is 246 g/mol. The molecule has 0 bridgehead atoms. The first-order chi connectivity index (χ1) is 8.65. The predicted molar refractivity (Wildman–Crippen MR) is 63.8 cm³/mol. The summed E-state index contributed by atoms with van der Waals surface area (Å²) < 4.78 is 4.94. The standard InChI is InChI=1S/C11H10N4O3/c12-8(5-16)10(15-13)6-1-2-9-7(3-6)4-14-11(17)18-9/h1-3,5,12H,4,13H2,(H,14,17)/b12-8?,15-10-. The van der Waals surface area contributed by atoms with Crippen molar-refractivity contribution in [2.75, 3.05) is 0 Å². The van der Waals surface area contributed by atoms with Gasteiger partial charge in [-0.15, -0.1) is 0 Å². The van der Waals surface area contributed by atoms with Gasteiger partial charge in [0.15, 0.2) is 6.29 Å². The number of fused-ring (bicyclic) bond motifs is 1. The van der Waals surface area contributed by atoms with E-state index in [1.54, 1.807) is 18.2 Å². The lowest BCUT2D eigenvalue weighted by molar-refractivity contribution is -0.102. The van der Waals surface area contributed by atoms with Crippen LogP contribution in [0.2, 0.25) is 0 Å². The van der Waals surface area contributed by atoms with Crippen LogP contribution in [0.25, 0.3) is 0 Å². The summed E-state index contributed by atoms with van der Waals surface area (Å²) in [7, 11) is 0. The van der Waals surface area contributed by atoms with Crippen LogP contribution < -0.4 is 15.9 Å². The van der Waals surface area contributed by atoms with Crippen molar-refractivity contribution in [2.24, 2.45) is 10.9 Å². The van der Waals surface area contributed by atoms with Gasteiger partial charge >= 0.3 is 6.09 Å². The summed E-state index contributed by atoms with van der Waals surface area (Å²) >= 11 is 0. The summed E-state index contributed by atoms with van der Waals surface area (Å²) in [5.41, 5.74) is 1.03. The maximum absolute atomic E-state index is 11.0. The van der Waals surface area contributed by atoms with Crippen molar-refractivity contribution in [1.82, 2.24) is 5.32 Å². The number of nitrogens with two attached hydrogens (primary N) is 1. The Morgan fingerprint density at radius 3 is 3.00 bits per heavy atom. The van der Waals surface area contributed by atoms with E-state index in [0.717, 1.165) is 5.56 Å². The van der Waals surface area contributed by atoms with Gasteiger partial charge in [-0.3, -0.25) is 10.2 Å². The molecule has 92 valence electrons. The van der Waals surface area contributed by atoms with Gasteiger partial charge in [-0.1, -0.05) is 0 Å². The number of hydrogen-bond acceptors (Lipinski definition) is 6. The van der Waals surface area contributed by atoms with Gasteiger partial charge in [0.1, 0.15) is 17.2 Å². The molecule has 1 aliphatic heterocycles. The molecule has 0 spiro atoms. The second-order valence-electron chi connectivity index (χ2n) is 3.57. The second-order valence-corrected chi connectivity index (χ2v) is 3.57. The zero-order valence-corrected chi connectivity index (χ0v) is 9.27. The van der Waals surface area contributed by atoms with Gasteiger partial charge in [0, 0.05) is 17.7 Å². The zero-order chi connectivity index (χ0) is 13.1. The second kappa shape index (κ2) is 4.66. The highest BCUT2D eigenvalue weighted by Crippen LogP contribution is 2.23. The largest absolute Gasteiger partial charge is 0.412 e. The van der Waals surface area contributed by atoms with Crippen molar-refractivity contribution in [3.63, 3.8) is 0 Å². The molecule has 1 aromatic rings. The third-order valence-corrected chi connectivity index (χ3v) is 2.46. The molecule has 0 saturated heterocycles. The lowest BCUT2D eigenvalue weighted by Gasteiger charge is -2.17. The van der Waals surface area contributed by atoms with E-state index in [0.29, 0.717) is 24.1 Å². The predicted octanol–water partition coefficient (Wildman–Crippen LogP) is 0.170. The van der Waals surface area contributed by atoms with Crippen LogP contribution in [0.1, 0.15) is 11.1 Å². The summed E-state index contributed by atoms with van der Waals surface area (Å²) in [5, 5.41) is 13.4. The van der Waals surface area contributed by atoms with Crippen molar-refractivity contribution >= 4 is 23.8 Å². The van der Waals surface area contributed by atoms with E-state index in [4.69, 9.17) is 16.0 Å². The summed E-state index contributed by atoms with van der Waals surface area (Å²) in [4.78, 5) is 21.6. The highest BCUT2D eigenvalue weighted by molar-refractivity contribution is 6.64. The number of hydrogen-bond donors (Lipinski definition) is 3. The third kappa shape index (κ3) is 2.05. The van der Waals surface area contributed by atoms with Crippen molar-refractivity contribution in [3.05, 3.63) is 29.3 Å². The van der Waals surface area contributed by atoms with Crippen molar-refractivity contribution in [2.45, 2.75) is 6.54 Å². The van der Waals surface area contributed by atoms with Gasteiger partial charge < -0.3 is 15.9 Å². The average molecular weight is 246 g/mol. The number of rotatable bonds is 3. The number of amides is 1. The van der Waals surface area contributed by atoms with Gasteiger partial charge in [0.2, 0.25) is 0 Å². The van der Waals surface area contributed by atoms with E-state index in [1.807, 2.05) is 0 Å². The van der Waals surface area contributed by atoms with Crippen LogP contribution in [0.4, 0.5) is 4.79 Å². The molecule has 1 aliphatic rings. The minimum Gasteiger partial charge on any atom is -0.410 e. The maximum Gasteiger partial charge on any atom is 0.412 e. The summed E-state index contributed by atoms with van der Waals surface area (Å²) in [6.45, 7) is 0.314. The number of nitrogens with one attached hydrogen (secondary N) is 2. The van der Waals surface area contributed by atoms with Crippen molar-refractivity contribution in [1.29, 1.82) is 5.41 Å². The Hall–Kier alpha value is -2.70. The summed E-state index contributed by atoms with van der Waals surface area (Å²) in [6.07, 6.45) is -0.146. The van der Waals surface area contributed by atoms with E-state index >= 15 is 0 Å². The molecule has 4 N–H and O–H groups in total. The summed E-state index contributed by atoms with van der Waals surface area (Å²) in [6, 6.07) is 4.83. The maximum atomic E-state index is 11.0. The fourth-order valence-electron chi connectivity index (χ4n) is 1.62. The van der Waals surface area contributed by atoms with Crippen LogP contribution in [-0.2, 0) is 11.3 Å². The van der Waals surface area contributed by atoms with Gasteiger partial charge in [-0.2, -0.15) is 5.10 Å². The molecule has 2 rings (SSSR count). The molecule has 0 fully saturated rings. The molecule has 0 radical (unpaired) electrons. The molecule has 7 heteroatoms. The first-order valence-electron chi connectivity index (χ1n) is 5.06. The number of carbonyl (C=O) groups is 2. The van der Waals surface area contributed by atoms with Crippen LogP contribution in [0.5, 0.6) is 5.75 Å². The normalized spacial score (nSPS) is 14.2. The number of nitrogens with zero attached hydrogens (tertiary/aromatic N) is 1. The fraction of sp³-hybridized carbons (Fsp3) is 0.0909. The van der Waals surface area contributed by atoms with Crippen LogP contribution in [0, 0.1) is 5.41 Å². The Bertz CT molecular complexity index is 565. The first-order valence-corrected chi connectivity index (χ1v) is 5.06. The fourth-order valence-corrected chi connectivity index (χ4v) is 1.62. The highest BCUT2D eigenvalue weighted by Gasteiger charge is 2.18. The number of aldehydes is 1. The number of carbonyl (C=O) groups excluding carboxylic acids is 2. The number of hydrazone groups is 1. The molecular weight excluding hydrogens is 236 g/mol. The van der Waals surface area contributed by atoms with Crippen molar-refractivity contribution < 1.29 is 14.3 Å². The first kappa shape index (κ1) is 11.8. The van der Waals surface area contributed by atoms with Crippen molar-refractivity contribution in [3.8, 4) is 5.75 Å². The van der Waals surface area contributed by atoms with E-state index in [-0.39, 0.29) is 11.4 Å². The Balaban J connectivity index is 2.40. The van der Waals surface area contributed by atoms with E-state index in [2.05, 4.69) is 10.4 Å². The topological polar surface area (TPSA) is 118 Å². The number of ether oxygens (including phenoxy) is 1. The molecule has 1 amide bonds. The Kier molecular flexibility index (Phi) is 3.05. The molecule has 0 aromatic heterocycles. The number of benzene rings is 1. The lowest BCUT2D eigenvalue weighted by Crippen LogP contribution is -2.31. The lowest BCUT2D eigenvalue weighted by atomic mass is 10.0. The molecular formula is C11H10N4O3. The zero-order valence-electron chi connectivity index (χ0n) is 9.27. The molecule has 0 saturated carbocycles. The van der Waals surface area contributed by atoms with E-state index in [9.17, 15) is 9.59 Å². The van der Waals surface area contributed by atoms with E-state index < -0.39 is 6.09 Å². The molecule has 1 heterocycles. The molecule has 0 aliphatic carbocycles. The highest BCUT2D eigenvalue weighted by atomic mass is 16.6. The molecule has 0 unspecified atom stereocenters. The van der Waals surface area contributed by atoms with Crippen LogP contribution >= 0.6 is 0 Å². The van der Waals surface area contributed by atoms with E-state index in [1.165, 1.54) is 0 Å². The smallest absolute Gasteiger partial charge is 0.410 e. The minimum absolute atomic E-state index is 0.0877. The third-order valence-electron chi connectivity index (χ3n) is 2.46. The van der Waals surface area contributed by atoms with Crippen LogP contribution in [0.3, 0.4) is 0 Å². The van der Waals surface area contributed by atoms with Gasteiger partial charge in [-0.05, 0) is 18.2 Å². The minimum atomic E-state index is -0.511. The van der Waals surface area contributed by atoms with Gasteiger partial charge in [-0.25, -0.2) is 4.79 Å². The van der Waals surface area contributed by atoms with Gasteiger partial charge in [0.05, 0.1) is 0 Å². The summed E-state index contributed by atoms with van der Waals surface area (Å²) in [5.74, 6) is 5.61. The quantitative estimate of drug-likeness (QED) is 0.305.